The molecule has 3 aliphatic rings. The maximum Gasteiger partial charge on any atom is 0.407 e. The Morgan fingerprint density at radius 2 is 1.95 bits per heavy atom. The van der Waals surface area contributed by atoms with Gasteiger partial charge in [0, 0.05) is 29.2 Å². The Hall–Kier alpha value is -5.83. The number of rotatable bonds is 13. The van der Waals surface area contributed by atoms with Gasteiger partial charge in [0.15, 0.2) is 0 Å². The standard InChI is InChI=1S/C40H46FN7O7/c1-5-25-27(21(2)18-54-38(25)51)15-33-36-28(17-48(33)20-49)35-30(13-12-26-22(3)29(41)16-32(46-36)34(26)35)47-40(53)55-19-23-8-10-24(11-9-23)45-37(50)31(43-4)7-6-14-44-39(42)52/h8-11,15-16,20,25,30-31,43H,5-7,12-14,17-19H2,1-4H3,(H,45,50)(H,47,53)(H3,42,44,52)/b33-15-. The smallest absolute Gasteiger partial charge is 0.407 e. The number of nitrogens with zero attached hydrogens (tertiary/aromatic N) is 2. The minimum absolute atomic E-state index is 0.0369. The zero-order valence-corrected chi connectivity index (χ0v) is 31.3. The van der Waals surface area contributed by atoms with Crippen molar-refractivity contribution < 1.29 is 37.8 Å². The number of urea groups is 1. The molecule has 0 saturated carbocycles. The van der Waals surface area contributed by atoms with Crippen molar-refractivity contribution >= 4 is 52.7 Å². The minimum atomic E-state index is -0.653. The number of nitrogens with two attached hydrogens (primary N) is 1. The Kier molecular flexibility index (Phi) is 11.8. The highest BCUT2D eigenvalue weighted by Gasteiger charge is 2.37. The number of fused-ring (bicyclic) bond motifs is 2. The summed E-state index contributed by atoms with van der Waals surface area (Å²) in [7, 11) is 1.68. The van der Waals surface area contributed by atoms with E-state index in [2.05, 4.69) is 21.3 Å². The summed E-state index contributed by atoms with van der Waals surface area (Å²) in [6.45, 7) is 6.18. The van der Waals surface area contributed by atoms with E-state index in [0.717, 1.165) is 39.6 Å². The molecule has 0 bridgehead atoms. The number of carbonyl (C=O) groups excluding carboxylic acids is 5. The third-order valence-corrected chi connectivity index (χ3v) is 10.6. The van der Waals surface area contributed by atoms with Crippen LogP contribution in [0.3, 0.4) is 0 Å². The van der Waals surface area contributed by atoms with Gasteiger partial charge in [0.05, 0.1) is 41.5 Å². The fraction of sp³-hybridized carbons (Fsp3) is 0.400. The number of ether oxygens (including phenoxy) is 2. The average molecular weight is 756 g/mol. The number of aryl methyl sites for hydroxylation is 1. The molecule has 2 aliphatic heterocycles. The second-order valence-corrected chi connectivity index (χ2v) is 14.0. The fourth-order valence-electron chi connectivity index (χ4n) is 7.64. The summed E-state index contributed by atoms with van der Waals surface area (Å²) < 4.78 is 26.3. The first-order valence-corrected chi connectivity index (χ1v) is 18.4. The van der Waals surface area contributed by atoms with Gasteiger partial charge in [-0.15, -0.1) is 0 Å². The first-order chi connectivity index (χ1) is 26.4. The highest BCUT2D eigenvalue weighted by molar-refractivity contribution is 5.95. The first kappa shape index (κ1) is 38.9. The molecule has 55 heavy (non-hydrogen) atoms. The SMILES string of the molecule is CCC1C(=O)OCC(C)=C1/C=C1/c2nc3cc(F)c(C)c4c3c(c2CN1C=O)C(NC(=O)OCc1ccc(NC(=O)C(CCCNC(N)=O)NC)cc1)CC4. The highest BCUT2D eigenvalue weighted by atomic mass is 19.1. The quantitative estimate of drug-likeness (QED) is 0.0927. The molecular formula is C40H46FN7O7. The van der Waals surface area contributed by atoms with E-state index in [1.165, 1.54) is 11.0 Å². The number of anilines is 1. The van der Waals surface area contributed by atoms with Crippen LogP contribution < -0.4 is 27.0 Å². The molecule has 3 unspecified atom stereocenters. The zero-order valence-electron chi connectivity index (χ0n) is 31.3. The van der Waals surface area contributed by atoms with E-state index in [4.69, 9.17) is 20.2 Å². The maximum absolute atomic E-state index is 15.3. The number of benzene rings is 2. The van der Waals surface area contributed by atoms with E-state index < -0.39 is 30.1 Å². The van der Waals surface area contributed by atoms with E-state index in [1.54, 1.807) is 38.2 Å². The summed E-state index contributed by atoms with van der Waals surface area (Å²) >= 11 is 0. The van der Waals surface area contributed by atoms with Crippen LogP contribution in [0, 0.1) is 18.7 Å². The number of alkyl carbamates (subject to hydrolysis) is 1. The molecule has 5 amide bonds. The lowest BCUT2D eigenvalue weighted by Gasteiger charge is -2.29. The van der Waals surface area contributed by atoms with Crippen LogP contribution in [0.5, 0.6) is 0 Å². The van der Waals surface area contributed by atoms with Crippen molar-refractivity contribution in [1.82, 2.24) is 25.8 Å². The number of pyridine rings is 1. The van der Waals surface area contributed by atoms with Gasteiger partial charge in [-0.1, -0.05) is 19.1 Å². The molecule has 6 N–H and O–H groups in total. The molecule has 1 aliphatic carbocycles. The molecule has 3 atom stereocenters. The Morgan fingerprint density at radius 3 is 2.64 bits per heavy atom. The molecule has 2 aromatic carbocycles. The zero-order chi connectivity index (χ0) is 39.4. The molecular weight excluding hydrogens is 709 g/mol. The fourth-order valence-corrected chi connectivity index (χ4v) is 7.64. The minimum Gasteiger partial charge on any atom is -0.461 e. The molecule has 290 valence electrons. The summed E-state index contributed by atoms with van der Waals surface area (Å²) in [6.07, 6.45) is 4.42. The van der Waals surface area contributed by atoms with Gasteiger partial charge in [0.25, 0.3) is 0 Å². The lowest BCUT2D eigenvalue weighted by atomic mass is 9.82. The first-order valence-electron chi connectivity index (χ1n) is 18.4. The van der Waals surface area contributed by atoms with Gasteiger partial charge in [-0.05, 0) is 105 Å². The third-order valence-electron chi connectivity index (χ3n) is 10.6. The second kappa shape index (κ2) is 16.7. The molecule has 0 saturated heterocycles. The van der Waals surface area contributed by atoms with Crippen LogP contribution in [0.25, 0.3) is 16.6 Å². The van der Waals surface area contributed by atoms with Crippen molar-refractivity contribution in [2.75, 3.05) is 25.5 Å². The van der Waals surface area contributed by atoms with E-state index in [9.17, 15) is 24.0 Å². The van der Waals surface area contributed by atoms with Gasteiger partial charge in [0.2, 0.25) is 12.3 Å². The van der Waals surface area contributed by atoms with Crippen LogP contribution in [-0.2, 0) is 43.4 Å². The number of halogens is 1. The van der Waals surface area contributed by atoms with Gasteiger partial charge in [-0.2, -0.15) is 0 Å². The number of carbonyl (C=O) groups is 5. The summed E-state index contributed by atoms with van der Waals surface area (Å²) in [6, 6.07) is 6.71. The van der Waals surface area contributed by atoms with E-state index in [1.807, 2.05) is 19.9 Å². The maximum atomic E-state index is 15.3. The summed E-state index contributed by atoms with van der Waals surface area (Å²) in [5.41, 5.74) is 12.2. The molecule has 3 aromatic rings. The number of aromatic nitrogens is 1. The monoisotopic (exact) mass is 755 g/mol. The summed E-state index contributed by atoms with van der Waals surface area (Å²) in [5.74, 6) is -1.44. The molecule has 14 nitrogen and oxygen atoms in total. The van der Waals surface area contributed by atoms with Gasteiger partial charge in [0.1, 0.15) is 19.0 Å². The number of hydrogen-bond donors (Lipinski definition) is 5. The van der Waals surface area contributed by atoms with Crippen molar-refractivity contribution in [2.24, 2.45) is 11.7 Å². The van der Waals surface area contributed by atoms with Crippen molar-refractivity contribution in [3.8, 4) is 0 Å². The molecule has 0 radical (unpaired) electrons. The van der Waals surface area contributed by atoms with Gasteiger partial charge >= 0.3 is 18.1 Å². The van der Waals surface area contributed by atoms with Crippen LogP contribution in [0.4, 0.5) is 19.7 Å². The molecule has 0 spiro atoms. The topological polar surface area (TPSA) is 194 Å². The number of hydrogen-bond acceptors (Lipinski definition) is 9. The van der Waals surface area contributed by atoms with Crippen LogP contribution in [0.2, 0.25) is 0 Å². The number of likely N-dealkylation sites (N-methyl/N-ethyl adjacent to an activating group) is 1. The van der Waals surface area contributed by atoms with E-state index in [0.29, 0.717) is 72.4 Å². The number of amides is 5. The van der Waals surface area contributed by atoms with Gasteiger partial charge in [-0.3, -0.25) is 14.4 Å². The number of primary amides is 1. The Bertz CT molecular complexity index is 2100. The Morgan fingerprint density at radius 1 is 1.18 bits per heavy atom. The van der Waals surface area contributed by atoms with Crippen LogP contribution in [0.15, 0.2) is 47.6 Å². The Balaban J connectivity index is 1.20. The molecule has 15 heteroatoms. The lowest BCUT2D eigenvalue weighted by Crippen LogP contribution is -2.39. The molecule has 3 heterocycles. The van der Waals surface area contributed by atoms with Crippen molar-refractivity contribution in [3.05, 3.63) is 86.9 Å². The number of allylic oxidation sites excluding steroid dienone is 1. The van der Waals surface area contributed by atoms with Crippen molar-refractivity contribution in [1.29, 1.82) is 0 Å². The number of nitrogens with one attached hydrogen (secondary N) is 4. The van der Waals surface area contributed by atoms with Crippen LogP contribution in [-0.4, -0.2) is 66.5 Å². The van der Waals surface area contributed by atoms with Gasteiger partial charge < -0.3 is 41.4 Å². The number of cyclic esters (lactones) is 1. The predicted octanol–water partition coefficient (Wildman–Crippen LogP) is 4.78. The van der Waals surface area contributed by atoms with E-state index >= 15 is 4.39 Å². The average Bonchev–Trinajstić information content (AvgIpc) is 3.52. The van der Waals surface area contributed by atoms with Crippen molar-refractivity contribution in [3.63, 3.8) is 0 Å². The summed E-state index contributed by atoms with van der Waals surface area (Å²) in [5, 5.41) is 12.1. The lowest BCUT2D eigenvalue weighted by molar-refractivity contribution is -0.147. The van der Waals surface area contributed by atoms with E-state index in [-0.39, 0.29) is 37.5 Å². The third kappa shape index (κ3) is 8.16. The normalized spacial score (nSPS) is 18.8. The largest absolute Gasteiger partial charge is 0.461 e. The predicted molar refractivity (Wildman–Crippen MR) is 203 cm³/mol. The number of esters is 1. The van der Waals surface area contributed by atoms with Crippen LogP contribution >= 0.6 is 0 Å². The molecule has 1 aromatic heterocycles. The molecule has 6 rings (SSSR count). The Labute approximate surface area is 318 Å². The molecule has 0 fully saturated rings. The highest BCUT2D eigenvalue weighted by Crippen LogP contribution is 2.45. The van der Waals surface area contributed by atoms with Crippen molar-refractivity contribution in [2.45, 2.75) is 78.1 Å². The van der Waals surface area contributed by atoms with Crippen LogP contribution in [0.1, 0.15) is 79.1 Å². The summed E-state index contributed by atoms with van der Waals surface area (Å²) in [4.78, 5) is 68.7. The second-order valence-electron chi connectivity index (χ2n) is 14.0. The van der Waals surface area contributed by atoms with Gasteiger partial charge in [-0.25, -0.2) is 19.0 Å².